The Balaban J connectivity index is 3.88. The van der Waals surface area contributed by atoms with Crippen molar-refractivity contribution in [2.45, 2.75) is 19.8 Å². The second kappa shape index (κ2) is 8.26. The molecule has 0 heterocycles. The molecule has 0 spiro atoms. The fraction of sp³-hybridized carbons (Fsp3) is 0.429. The lowest BCUT2D eigenvalue weighted by Crippen LogP contribution is -1.73. The van der Waals surface area contributed by atoms with Crippen LogP contribution in [0.5, 0.6) is 0 Å². The Kier molecular flexibility index (Phi) is 8.38. The third-order valence-corrected chi connectivity index (χ3v) is 2.35. The molecule has 0 unspecified atom stereocenters. The molecule has 0 fully saturated rings. The van der Waals surface area contributed by atoms with Crippen LogP contribution in [0.4, 0.5) is 0 Å². The van der Waals surface area contributed by atoms with Crippen molar-refractivity contribution in [1.82, 2.24) is 0 Å². The summed E-state index contributed by atoms with van der Waals surface area (Å²) in [6.07, 6.45) is 3.90. The van der Waals surface area contributed by atoms with Gasteiger partial charge in [-0.25, -0.2) is 4.40 Å². The van der Waals surface area contributed by atoms with Gasteiger partial charge < -0.3 is 0 Å². The topological polar surface area (TPSA) is 24.7 Å². The van der Waals surface area contributed by atoms with E-state index >= 15 is 0 Å². The molecule has 0 aromatic carbocycles. The molecule has 0 aliphatic carbocycles. The standard InChI is InChI=1S/C7H11IN2S/c1-3-4-7(5-9-2)11-10-6-8/h5-6H,2-4H2,1H3/b7-5-,10-6?. The molecule has 0 aromatic heterocycles. The summed E-state index contributed by atoms with van der Waals surface area (Å²) in [5.74, 6) is 0. The lowest BCUT2D eigenvalue weighted by molar-refractivity contribution is 0.944. The van der Waals surface area contributed by atoms with E-state index in [1.165, 1.54) is 11.9 Å². The molecule has 0 N–H and O–H groups in total. The molecule has 0 aromatic rings. The molecule has 2 nitrogen and oxygen atoms in total. The van der Waals surface area contributed by atoms with Gasteiger partial charge in [0.05, 0.1) is 4.22 Å². The highest BCUT2D eigenvalue weighted by atomic mass is 127. The van der Waals surface area contributed by atoms with Gasteiger partial charge in [0.25, 0.3) is 0 Å². The monoisotopic (exact) mass is 282 g/mol. The molecule has 0 bridgehead atoms. The number of hydrogen-bond acceptors (Lipinski definition) is 3. The van der Waals surface area contributed by atoms with Gasteiger partial charge in [-0.15, -0.1) is 0 Å². The molecule has 0 aliphatic rings. The summed E-state index contributed by atoms with van der Waals surface area (Å²) < 4.78 is 5.78. The van der Waals surface area contributed by atoms with Crippen LogP contribution in [-0.4, -0.2) is 10.9 Å². The van der Waals surface area contributed by atoms with Crippen molar-refractivity contribution in [3.05, 3.63) is 11.1 Å². The minimum Gasteiger partial charge on any atom is -0.272 e. The van der Waals surface area contributed by atoms with Gasteiger partial charge >= 0.3 is 0 Å². The molecular formula is C7H11IN2S. The molecule has 11 heavy (non-hydrogen) atoms. The van der Waals surface area contributed by atoms with Crippen LogP contribution in [0.15, 0.2) is 20.5 Å². The van der Waals surface area contributed by atoms with Crippen molar-refractivity contribution in [2.24, 2.45) is 9.39 Å². The van der Waals surface area contributed by atoms with Crippen LogP contribution in [-0.2, 0) is 0 Å². The summed E-state index contributed by atoms with van der Waals surface area (Å²) in [4.78, 5) is 4.86. The highest BCUT2D eigenvalue weighted by Crippen LogP contribution is 2.21. The van der Waals surface area contributed by atoms with E-state index in [0.29, 0.717) is 0 Å². The van der Waals surface area contributed by atoms with Crippen molar-refractivity contribution in [2.75, 3.05) is 0 Å². The fourth-order valence-corrected chi connectivity index (χ4v) is 1.50. The summed E-state index contributed by atoms with van der Waals surface area (Å²) >= 11 is 3.55. The smallest absolute Gasteiger partial charge is 0.0738 e. The second-order valence-electron chi connectivity index (χ2n) is 1.82. The number of halogens is 1. The zero-order valence-electron chi connectivity index (χ0n) is 6.46. The van der Waals surface area contributed by atoms with Crippen LogP contribution >= 0.6 is 34.5 Å². The lowest BCUT2D eigenvalue weighted by atomic mass is 10.3. The largest absolute Gasteiger partial charge is 0.272 e. The summed E-state index contributed by atoms with van der Waals surface area (Å²) in [6, 6.07) is 0. The number of rotatable bonds is 5. The molecule has 0 radical (unpaired) electrons. The molecule has 0 rings (SSSR count). The van der Waals surface area contributed by atoms with Crippen molar-refractivity contribution in [1.29, 1.82) is 0 Å². The highest BCUT2D eigenvalue weighted by Gasteiger charge is 1.93. The average molecular weight is 282 g/mol. The Hall–Kier alpha value is 0.160. The van der Waals surface area contributed by atoms with E-state index < -0.39 is 0 Å². The minimum atomic E-state index is 1.03. The van der Waals surface area contributed by atoms with Crippen molar-refractivity contribution in [3.63, 3.8) is 0 Å². The predicted molar refractivity (Wildman–Crippen MR) is 62.6 cm³/mol. The van der Waals surface area contributed by atoms with Crippen LogP contribution in [0.3, 0.4) is 0 Å². The summed E-state index contributed by atoms with van der Waals surface area (Å²) in [7, 11) is 0. The normalized spacial score (nSPS) is 12.4. The third-order valence-electron chi connectivity index (χ3n) is 0.941. The van der Waals surface area contributed by atoms with Gasteiger partial charge in [-0.05, 0) is 35.7 Å². The van der Waals surface area contributed by atoms with Gasteiger partial charge in [0.1, 0.15) is 0 Å². The summed E-state index contributed by atoms with van der Waals surface area (Å²) in [5, 5.41) is 0. The Morgan fingerprint density at radius 3 is 2.91 bits per heavy atom. The molecule has 4 heteroatoms. The van der Waals surface area contributed by atoms with Crippen LogP contribution in [0, 0.1) is 0 Å². The molecule has 0 aliphatic heterocycles. The molecule has 0 amide bonds. The first kappa shape index (κ1) is 11.2. The first-order valence-corrected chi connectivity index (χ1v) is 5.31. The SMILES string of the molecule is C=N/C=C(/CCC)SN=CI. The molecule has 0 saturated heterocycles. The van der Waals surface area contributed by atoms with Crippen molar-refractivity contribution >= 4 is 45.5 Å². The number of nitrogens with zero attached hydrogens (tertiary/aromatic N) is 2. The molecule has 0 saturated carbocycles. The van der Waals surface area contributed by atoms with Crippen LogP contribution in [0.25, 0.3) is 0 Å². The number of aliphatic imine (C=N–C) groups is 1. The van der Waals surface area contributed by atoms with Gasteiger partial charge in [0, 0.05) is 23.1 Å². The number of allylic oxidation sites excluding steroid dienone is 1. The van der Waals surface area contributed by atoms with E-state index in [1.807, 2.05) is 0 Å². The first-order chi connectivity index (χ1) is 5.35. The Morgan fingerprint density at radius 2 is 2.45 bits per heavy atom. The Bertz CT molecular complexity index is 166. The zero-order valence-corrected chi connectivity index (χ0v) is 9.43. The van der Waals surface area contributed by atoms with E-state index in [-0.39, 0.29) is 0 Å². The van der Waals surface area contributed by atoms with Crippen LogP contribution in [0.2, 0.25) is 0 Å². The number of hydrogen-bond donors (Lipinski definition) is 0. The summed E-state index contributed by atoms with van der Waals surface area (Å²) in [5.41, 5.74) is 0. The lowest BCUT2D eigenvalue weighted by Gasteiger charge is -1.96. The highest BCUT2D eigenvalue weighted by molar-refractivity contribution is 14.1. The van der Waals surface area contributed by atoms with Crippen molar-refractivity contribution < 1.29 is 0 Å². The Labute approximate surface area is 85.6 Å². The van der Waals surface area contributed by atoms with Crippen LogP contribution in [0.1, 0.15) is 19.8 Å². The van der Waals surface area contributed by atoms with Gasteiger partial charge in [0.2, 0.25) is 0 Å². The van der Waals surface area contributed by atoms with E-state index in [2.05, 4.69) is 45.6 Å². The van der Waals surface area contributed by atoms with Gasteiger partial charge in [-0.1, -0.05) is 13.3 Å². The maximum Gasteiger partial charge on any atom is 0.0738 e. The maximum atomic E-state index is 4.03. The van der Waals surface area contributed by atoms with E-state index in [0.717, 1.165) is 17.7 Å². The summed E-state index contributed by atoms with van der Waals surface area (Å²) in [6.45, 7) is 5.53. The van der Waals surface area contributed by atoms with Gasteiger partial charge in [0.15, 0.2) is 0 Å². The van der Waals surface area contributed by atoms with Gasteiger partial charge in [-0.3, -0.25) is 4.99 Å². The predicted octanol–water partition coefficient (Wildman–Crippen LogP) is 3.44. The molecular weight excluding hydrogens is 271 g/mol. The van der Waals surface area contributed by atoms with E-state index in [9.17, 15) is 0 Å². The quantitative estimate of drug-likeness (QED) is 0.430. The zero-order chi connectivity index (χ0) is 8.53. The van der Waals surface area contributed by atoms with E-state index in [4.69, 9.17) is 0 Å². The third kappa shape index (κ3) is 6.55. The average Bonchev–Trinajstić information content (AvgIpc) is 2.01. The van der Waals surface area contributed by atoms with Gasteiger partial charge in [-0.2, -0.15) is 0 Å². The van der Waals surface area contributed by atoms with Crippen LogP contribution < -0.4 is 0 Å². The van der Waals surface area contributed by atoms with E-state index in [1.54, 1.807) is 10.4 Å². The Morgan fingerprint density at radius 1 is 1.73 bits per heavy atom. The fourth-order valence-electron chi connectivity index (χ4n) is 0.570. The minimum absolute atomic E-state index is 1.03. The van der Waals surface area contributed by atoms with Crippen molar-refractivity contribution in [3.8, 4) is 0 Å². The molecule has 0 atom stereocenters. The maximum absolute atomic E-state index is 4.03. The first-order valence-electron chi connectivity index (χ1n) is 3.29. The molecule has 62 valence electrons. The second-order valence-corrected chi connectivity index (χ2v) is 3.30.